The van der Waals surface area contributed by atoms with E-state index in [2.05, 4.69) is 27.8 Å². The molecule has 122 valence electrons. The Kier molecular flexibility index (Phi) is 4.47. The first-order chi connectivity index (χ1) is 11.0. The molecule has 6 nitrogen and oxygen atoms in total. The maximum Gasteiger partial charge on any atom is 0.227 e. The normalized spacial score (nSPS) is 19.4. The van der Waals surface area contributed by atoms with Crippen LogP contribution in [0.2, 0.25) is 0 Å². The summed E-state index contributed by atoms with van der Waals surface area (Å²) < 4.78 is 0. The van der Waals surface area contributed by atoms with Gasteiger partial charge in [-0.25, -0.2) is 0 Å². The average Bonchev–Trinajstić information content (AvgIpc) is 2.88. The van der Waals surface area contributed by atoms with Crippen LogP contribution in [0.1, 0.15) is 24.6 Å². The highest BCUT2D eigenvalue weighted by Gasteiger charge is 2.38. The summed E-state index contributed by atoms with van der Waals surface area (Å²) in [4.78, 5) is 25.8. The van der Waals surface area contributed by atoms with Gasteiger partial charge in [0.1, 0.15) is 0 Å². The third-order valence-electron chi connectivity index (χ3n) is 3.95. The van der Waals surface area contributed by atoms with Gasteiger partial charge in [0.15, 0.2) is 5.82 Å². The number of hydrogen-bond acceptors (Lipinski definition) is 4. The predicted octanol–water partition coefficient (Wildman–Crippen LogP) is 2.55. The van der Waals surface area contributed by atoms with Crippen molar-refractivity contribution >= 4 is 29.0 Å². The van der Waals surface area contributed by atoms with E-state index in [0.29, 0.717) is 18.3 Å². The van der Waals surface area contributed by atoms with Crippen molar-refractivity contribution in [3.63, 3.8) is 0 Å². The Hall–Kier alpha value is -2.15. The summed E-state index contributed by atoms with van der Waals surface area (Å²) in [6, 6.07) is 5.88. The molecule has 23 heavy (non-hydrogen) atoms. The lowest BCUT2D eigenvalue weighted by molar-refractivity contribution is -0.122. The van der Waals surface area contributed by atoms with E-state index in [0.717, 1.165) is 17.0 Å². The lowest BCUT2D eigenvalue weighted by Gasteiger charge is -2.04. The first-order valence-electron chi connectivity index (χ1n) is 7.72. The molecular formula is C16H20N4O2S. The number of aromatic amines is 1. The average molecular weight is 332 g/mol. The smallest absolute Gasteiger partial charge is 0.227 e. The van der Waals surface area contributed by atoms with Gasteiger partial charge in [-0.2, -0.15) is 5.10 Å². The first-order valence-corrected chi connectivity index (χ1v) is 8.54. The minimum absolute atomic E-state index is 0.0559. The van der Waals surface area contributed by atoms with Gasteiger partial charge in [0.2, 0.25) is 11.8 Å². The number of nitrogens with one attached hydrogen (secondary N) is 3. The van der Waals surface area contributed by atoms with E-state index in [4.69, 9.17) is 0 Å². The summed E-state index contributed by atoms with van der Waals surface area (Å²) in [7, 11) is 0. The molecule has 0 spiro atoms. The fourth-order valence-electron chi connectivity index (χ4n) is 2.41. The summed E-state index contributed by atoms with van der Waals surface area (Å²) in [5, 5.41) is 12.6. The zero-order chi connectivity index (χ0) is 16.4. The van der Waals surface area contributed by atoms with Crippen LogP contribution in [0.4, 0.5) is 5.82 Å². The van der Waals surface area contributed by atoms with E-state index >= 15 is 0 Å². The van der Waals surface area contributed by atoms with Gasteiger partial charge in [-0.15, -0.1) is 11.3 Å². The van der Waals surface area contributed by atoms with E-state index < -0.39 is 0 Å². The molecule has 0 saturated heterocycles. The number of thiophene rings is 1. The third-order valence-corrected chi connectivity index (χ3v) is 4.98. The van der Waals surface area contributed by atoms with Crippen molar-refractivity contribution in [1.29, 1.82) is 0 Å². The summed E-state index contributed by atoms with van der Waals surface area (Å²) >= 11 is 1.67. The molecule has 3 rings (SSSR count). The molecule has 1 aliphatic rings. The van der Waals surface area contributed by atoms with Crippen LogP contribution >= 0.6 is 11.3 Å². The topological polar surface area (TPSA) is 86.9 Å². The Balaban J connectivity index is 1.45. The van der Waals surface area contributed by atoms with Crippen molar-refractivity contribution in [2.75, 3.05) is 11.9 Å². The molecule has 2 amide bonds. The molecule has 7 heteroatoms. The highest BCUT2D eigenvalue weighted by molar-refractivity contribution is 7.15. The summed E-state index contributed by atoms with van der Waals surface area (Å²) in [5.41, 5.74) is 0.884. The molecule has 0 radical (unpaired) electrons. The second-order valence-corrected chi connectivity index (χ2v) is 7.27. The molecule has 0 bridgehead atoms. The van der Waals surface area contributed by atoms with Gasteiger partial charge in [-0.1, -0.05) is 6.92 Å². The monoisotopic (exact) mass is 332 g/mol. The Morgan fingerprint density at radius 1 is 1.43 bits per heavy atom. The summed E-state index contributed by atoms with van der Waals surface area (Å²) in [6.45, 7) is 4.46. The van der Waals surface area contributed by atoms with Crippen molar-refractivity contribution in [3.05, 3.63) is 23.1 Å². The van der Waals surface area contributed by atoms with E-state index in [1.54, 1.807) is 11.3 Å². The fourth-order valence-corrected chi connectivity index (χ4v) is 3.25. The molecule has 0 unspecified atom stereocenters. The lowest BCUT2D eigenvalue weighted by atomic mass is 10.3. The van der Waals surface area contributed by atoms with Crippen LogP contribution in [0, 0.1) is 18.8 Å². The number of amides is 2. The summed E-state index contributed by atoms with van der Waals surface area (Å²) in [6.07, 6.45) is 1.20. The molecule has 2 heterocycles. The van der Waals surface area contributed by atoms with Crippen molar-refractivity contribution in [2.45, 2.75) is 26.7 Å². The number of H-pyrrole nitrogens is 1. The maximum atomic E-state index is 11.9. The van der Waals surface area contributed by atoms with E-state index in [-0.39, 0.29) is 24.2 Å². The number of nitrogens with zero attached hydrogens (tertiary/aromatic N) is 1. The Bertz CT molecular complexity index is 721. The molecule has 2 aromatic heterocycles. The highest BCUT2D eigenvalue weighted by atomic mass is 32.1. The second kappa shape index (κ2) is 6.54. The van der Waals surface area contributed by atoms with Crippen LogP contribution in [0.3, 0.4) is 0 Å². The molecule has 0 aromatic carbocycles. The lowest BCUT2D eigenvalue weighted by Crippen LogP contribution is -2.29. The summed E-state index contributed by atoms with van der Waals surface area (Å²) in [5.74, 6) is 1.02. The molecule has 1 saturated carbocycles. The number of aryl methyl sites for hydroxylation is 1. The Morgan fingerprint density at radius 3 is 2.87 bits per heavy atom. The minimum Gasteiger partial charge on any atom is -0.355 e. The third kappa shape index (κ3) is 3.98. The Labute approximate surface area is 138 Å². The predicted molar refractivity (Wildman–Crippen MR) is 90.2 cm³/mol. The minimum atomic E-state index is -0.158. The van der Waals surface area contributed by atoms with Crippen LogP contribution in [0.15, 0.2) is 18.2 Å². The standard InChI is InChI=1S/C16H20N4O2S/c1-9-7-11(9)16(22)17-6-5-15(21)18-14-8-12(19-20-14)13-4-3-10(2)23-13/h3-4,8-9,11H,5-7H2,1-2H3,(H,17,22)(H2,18,19,20,21)/t9-,11+/m1/s1. The van der Waals surface area contributed by atoms with Gasteiger partial charge in [0, 0.05) is 29.8 Å². The zero-order valence-corrected chi connectivity index (χ0v) is 14.0. The van der Waals surface area contributed by atoms with Crippen molar-refractivity contribution in [1.82, 2.24) is 15.5 Å². The number of carbonyl (C=O) groups excluding carboxylic acids is 2. The van der Waals surface area contributed by atoms with Crippen LogP contribution in [0.25, 0.3) is 10.6 Å². The van der Waals surface area contributed by atoms with Crippen molar-refractivity contribution in [3.8, 4) is 10.6 Å². The van der Waals surface area contributed by atoms with Crippen LogP contribution in [-0.2, 0) is 9.59 Å². The van der Waals surface area contributed by atoms with E-state index in [9.17, 15) is 9.59 Å². The maximum absolute atomic E-state index is 11.9. The molecule has 1 fully saturated rings. The van der Waals surface area contributed by atoms with Gasteiger partial charge in [-0.3, -0.25) is 14.7 Å². The molecule has 1 aliphatic carbocycles. The van der Waals surface area contributed by atoms with Gasteiger partial charge in [0.25, 0.3) is 0 Å². The zero-order valence-electron chi connectivity index (χ0n) is 13.2. The largest absolute Gasteiger partial charge is 0.355 e. The fraction of sp³-hybridized carbons (Fsp3) is 0.438. The van der Waals surface area contributed by atoms with Gasteiger partial charge < -0.3 is 10.6 Å². The van der Waals surface area contributed by atoms with E-state index in [1.165, 1.54) is 4.88 Å². The molecule has 0 aliphatic heterocycles. The number of aromatic nitrogens is 2. The van der Waals surface area contributed by atoms with Gasteiger partial charge in [0.05, 0.1) is 10.6 Å². The molecule has 2 aromatic rings. The number of carbonyl (C=O) groups is 2. The SMILES string of the molecule is Cc1ccc(-c2cc(NC(=O)CCNC(=O)[C@H]3C[C@H]3C)n[nH]2)s1. The van der Waals surface area contributed by atoms with E-state index in [1.807, 2.05) is 25.1 Å². The first kappa shape index (κ1) is 15.7. The number of rotatable bonds is 6. The second-order valence-electron chi connectivity index (χ2n) is 5.99. The number of anilines is 1. The van der Waals surface area contributed by atoms with Crippen LogP contribution in [-0.4, -0.2) is 28.6 Å². The van der Waals surface area contributed by atoms with Crippen molar-refractivity contribution in [2.24, 2.45) is 11.8 Å². The highest BCUT2D eigenvalue weighted by Crippen LogP contribution is 2.37. The number of hydrogen-bond donors (Lipinski definition) is 3. The van der Waals surface area contributed by atoms with Gasteiger partial charge >= 0.3 is 0 Å². The molecule has 2 atom stereocenters. The quantitative estimate of drug-likeness (QED) is 0.760. The van der Waals surface area contributed by atoms with Crippen LogP contribution < -0.4 is 10.6 Å². The van der Waals surface area contributed by atoms with Crippen molar-refractivity contribution < 1.29 is 9.59 Å². The Morgan fingerprint density at radius 2 is 2.22 bits per heavy atom. The molecule has 3 N–H and O–H groups in total. The van der Waals surface area contributed by atoms with Crippen LogP contribution in [0.5, 0.6) is 0 Å². The molecular weight excluding hydrogens is 312 g/mol. The van der Waals surface area contributed by atoms with Gasteiger partial charge in [-0.05, 0) is 31.4 Å².